The van der Waals surface area contributed by atoms with E-state index in [9.17, 15) is 9.59 Å². The van der Waals surface area contributed by atoms with Crippen molar-refractivity contribution in [3.05, 3.63) is 28.5 Å². The highest BCUT2D eigenvalue weighted by Gasteiger charge is 2.23. The molecule has 0 atom stereocenters. The third-order valence-corrected chi connectivity index (χ3v) is 3.21. The molecule has 2 rings (SSSR count). The van der Waals surface area contributed by atoms with Crippen LogP contribution in [0.3, 0.4) is 0 Å². The fourth-order valence-electron chi connectivity index (χ4n) is 1.65. The van der Waals surface area contributed by atoms with E-state index >= 15 is 0 Å². The molecule has 0 aliphatic carbocycles. The summed E-state index contributed by atoms with van der Waals surface area (Å²) in [6, 6.07) is 3.55. The SMILES string of the molecule is O=C1CCN(C(=O)c2ncccc2Br)CC1. The first-order chi connectivity index (χ1) is 7.68. The molecule has 1 aromatic heterocycles. The van der Waals surface area contributed by atoms with Gasteiger partial charge in [0.05, 0.1) is 0 Å². The molecule has 0 radical (unpaired) electrons. The number of likely N-dealkylation sites (tertiary alicyclic amines) is 1. The molecular weight excluding hydrogens is 272 g/mol. The van der Waals surface area contributed by atoms with Crippen LogP contribution in [0, 0.1) is 0 Å². The molecular formula is C11H11BrN2O2. The Bertz CT molecular complexity index is 424. The van der Waals surface area contributed by atoms with Crippen LogP contribution < -0.4 is 0 Å². The number of piperidine rings is 1. The van der Waals surface area contributed by atoms with Crippen LogP contribution in [-0.4, -0.2) is 34.7 Å². The van der Waals surface area contributed by atoms with Crippen LogP contribution in [0.25, 0.3) is 0 Å². The van der Waals surface area contributed by atoms with Crippen LogP contribution in [0.1, 0.15) is 23.3 Å². The molecule has 0 spiro atoms. The van der Waals surface area contributed by atoms with Gasteiger partial charge in [-0.15, -0.1) is 0 Å². The van der Waals surface area contributed by atoms with Crippen LogP contribution in [-0.2, 0) is 4.79 Å². The third kappa shape index (κ3) is 2.29. The Kier molecular flexibility index (Phi) is 3.33. The summed E-state index contributed by atoms with van der Waals surface area (Å²) in [7, 11) is 0. The van der Waals surface area contributed by atoms with E-state index in [2.05, 4.69) is 20.9 Å². The van der Waals surface area contributed by atoms with Gasteiger partial charge >= 0.3 is 0 Å². The smallest absolute Gasteiger partial charge is 0.273 e. The minimum atomic E-state index is -0.111. The Morgan fingerprint density at radius 3 is 2.69 bits per heavy atom. The van der Waals surface area contributed by atoms with Crippen LogP contribution >= 0.6 is 15.9 Å². The first kappa shape index (κ1) is 11.3. The zero-order chi connectivity index (χ0) is 11.5. The lowest BCUT2D eigenvalue weighted by molar-refractivity contribution is -0.120. The van der Waals surface area contributed by atoms with Crippen LogP contribution in [0.15, 0.2) is 22.8 Å². The molecule has 0 saturated carbocycles. The number of pyridine rings is 1. The Morgan fingerprint density at radius 2 is 2.06 bits per heavy atom. The van der Waals surface area contributed by atoms with Crippen molar-refractivity contribution in [2.45, 2.75) is 12.8 Å². The number of hydrogen-bond acceptors (Lipinski definition) is 3. The van der Waals surface area contributed by atoms with Gasteiger partial charge in [-0.25, -0.2) is 4.98 Å². The molecule has 1 saturated heterocycles. The predicted octanol–water partition coefficient (Wildman–Crippen LogP) is 1.65. The minimum absolute atomic E-state index is 0.111. The van der Waals surface area contributed by atoms with E-state index in [0.29, 0.717) is 36.1 Å². The Hall–Kier alpha value is -1.23. The molecule has 0 N–H and O–H groups in total. The average Bonchev–Trinajstić information content (AvgIpc) is 2.30. The highest BCUT2D eigenvalue weighted by molar-refractivity contribution is 9.10. The average molecular weight is 283 g/mol. The summed E-state index contributed by atoms with van der Waals surface area (Å²) in [6.45, 7) is 1.00. The lowest BCUT2D eigenvalue weighted by atomic mass is 10.1. The van der Waals surface area contributed by atoms with Gasteiger partial charge in [-0.1, -0.05) is 0 Å². The maximum absolute atomic E-state index is 12.0. The molecule has 1 aliphatic heterocycles. The minimum Gasteiger partial charge on any atom is -0.336 e. The molecule has 2 heterocycles. The summed E-state index contributed by atoms with van der Waals surface area (Å²) < 4.78 is 0.692. The summed E-state index contributed by atoms with van der Waals surface area (Å²) in [5.74, 6) is 0.115. The van der Waals surface area contributed by atoms with Crippen molar-refractivity contribution < 1.29 is 9.59 Å². The lowest BCUT2D eigenvalue weighted by Crippen LogP contribution is -2.39. The molecule has 4 nitrogen and oxygen atoms in total. The van der Waals surface area contributed by atoms with Gasteiger partial charge in [-0.3, -0.25) is 9.59 Å². The Labute approximate surface area is 102 Å². The third-order valence-electron chi connectivity index (χ3n) is 2.57. The van der Waals surface area contributed by atoms with Gasteiger partial charge < -0.3 is 4.90 Å². The van der Waals surface area contributed by atoms with Crippen molar-refractivity contribution in [1.82, 2.24) is 9.88 Å². The second-order valence-corrected chi connectivity index (χ2v) is 4.52. The van der Waals surface area contributed by atoms with E-state index in [1.54, 1.807) is 23.2 Å². The zero-order valence-electron chi connectivity index (χ0n) is 8.65. The number of nitrogens with zero attached hydrogens (tertiary/aromatic N) is 2. The number of amides is 1. The van der Waals surface area contributed by atoms with Gasteiger partial charge in [0.25, 0.3) is 5.91 Å². The normalized spacial score (nSPS) is 16.3. The molecule has 0 aromatic carbocycles. The number of aromatic nitrogens is 1. The van der Waals surface area contributed by atoms with Crippen LogP contribution in [0.2, 0.25) is 0 Å². The summed E-state index contributed by atoms with van der Waals surface area (Å²) >= 11 is 3.30. The number of hydrogen-bond donors (Lipinski definition) is 0. The first-order valence-electron chi connectivity index (χ1n) is 5.10. The molecule has 1 amide bonds. The number of Topliss-reactive ketones (excluding diaryl/α,β-unsaturated/α-hetero) is 1. The number of carbonyl (C=O) groups excluding carboxylic acids is 2. The van der Waals surface area contributed by atoms with Crippen LogP contribution in [0.4, 0.5) is 0 Å². The fourth-order valence-corrected chi connectivity index (χ4v) is 2.08. The summed E-state index contributed by atoms with van der Waals surface area (Å²) in [5.41, 5.74) is 0.414. The number of carbonyl (C=O) groups is 2. The van der Waals surface area contributed by atoms with Gasteiger partial charge in [0.15, 0.2) is 0 Å². The van der Waals surface area contributed by atoms with Gasteiger partial charge in [0.1, 0.15) is 11.5 Å². The molecule has 0 unspecified atom stereocenters. The quantitative estimate of drug-likeness (QED) is 0.787. The zero-order valence-corrected chi connectivity index (χ0v) is 10.2. The number of halogens is 1. The van der Waals surface area contributed by atoms with Crippen molar-refractivity contribution >= 4 is 27.6 Å². The highest BCUT2D eigenvalue weighted by Crippen LogP contribution is 2.17. The Morgan fingerprint density at radius 1 is 1.38 bits per heavy atom. The van der Waals surface area contributed by atoms with E-state index in [0.717, 1.165) is 0 Å². The fraction of sp³-hybridized carbons (Fsp3) is 0.364. The van der Waals surface area contributed by atoms with Gasteiger partial charge in [0.2, 0.25) is 0 Å². The van der Waals surface area contributed by atoms with Gasteiger partial charge in [0, 0.05) is 36.6 Å². The Balaban J connectivity index is 2.14. The topological polar surface area (TPSA) is 50.3 Å². The maximum Gasteiger partial charge on any atom is 0.273 e. The second-order valence-electron chi connectivity index (χ2n) is 3.66. The van der Waals surface area contributed by atoms with E-state index in [4.69, 9.17) is 0 Å². The van der Waals surface area contributed by atoms with Crippen molar-refractivity contribution in [3.8, 4) is 0 Å². The summed E-state index contributed by atoms with van der Waals surface area (Å²) in [6.07, 6.45) is 2.50. The van der Waals surface area contributed by atoms with Gasteiger partial charge in [-0.05, 0) is 28.1 Å². The second kappa shape index (κ2) is 4.74. The molecule has 1 aromatic rings. The number of ketones is 1. The first-order valence-corrected chi connectivity index (χ1v) is 5.89. The number of rotatable bonds is 1. The summed E-state index contributed by atoms with van der Waals surface area (Å²) in [4.78, 5) is 28.8. The molecule has 5 heteroatoms. The van der Waals surface area contributed by atoms with Crippen molar-refractivity contribution in [2.75, 3.05) is 13.1 Å². The summed E-state index contributed by atoms with van der Waals surface area (Å²) in [5, 5.41) is 0. The molecule has 1 fully saturated rings. The van der Waals surface area contributed by atoms with Crippen molar-refractivity contribution in [2.24, 2.45) is 0 Å². The van der Waals surface area contributed by atoms with E-state index in [-0.39, 0.29) is 11.7 Å². The van der Waals surface area contributed by atoms with Gasteiger partial charge in [-0.2, -0.15) is 0 Å². The molecule has 84 valence electrons. The standard InChI is InChI=1S/C11H11BrN2O2/c12-9-2-1-5-13-10(9)11(16)14-6-3-8(15)4-7-14/h1-2,5H,3-4,6-7H2. The van der Waals surface area contributed by atoms with Crippen molar-refractivity contribution in [3.63, 3.8) is 0 Å². The maximum atomic E-state index is 12.0. The van der Waals surface area contributed by atoms with E-state index in [1.807, 2.05) is 0 Å². The monoisotopic (exact) mass is 282 g/mol. The highest BCUT2D eigenvalue weighted by atomic mass is 79.9. The lowest BCUT2D eigenvalue weighted by Gasteiger charge is -2.25. The van der Waals surface area contributed by atoms with Crippen molar-refractivity contribution in [1.29, 1.82) is 0 Å². The molecule has 0 bridgehead atoms. The largest absolute Gasteiger partial charge is 0.336 e. The van der Waals surface area contributed by atoms with Crippen LogP contribution in [0.5, 0.6) is 0 Å². The van der Waals surface area contributed by atoms with E-state index < -0.39 is 0 Å². The molecule has 1 aliphatic rings. The molecule has 16 heavy (non-hydrogen) atoms. The predicted molar refractivity (Wildman–Crippen MR) is 62.1 cm³/mol. The van der Waals surface area contributed by atoms with E-state index in [1.165, 1.54) is 0 Å².